The predicted octanol–water partition coefficient (Wildman–Crippen LogP) is 1.20. The Morgan fingerprint density at radius 1 is 1.48 bits per heavy atom. The molecule has 2 unspecified atom stereocenters. The third kappa shape index (κ3) is 5.33. The van der Waals surface area contributed by atoms with E-state index in [0.29, 0.717) is 5.82 Å². The SMILES string of the molecule is Cc1noc(COCC(=O)N2CC(N)CCC2C(F)(F)F)n1.Cl. The molecule has 2 rings (SSSR count). The number of likely N-dealkylation sites (tertiary alicyclic amines) is 1. The Morgan fingerprint density at radius 2 is 2.17 bits per heavy atom. The summed E-state index contributed by atoms with van der Waals surface area (Å²) in [6.07, 6.45) is -4.44. The number of rotatable bonds is 4. The van der Waals surface area contributed by atoms with E-state index in [1.165, 1.54) is 0 Å². The number of nitrogens with zero attached hydrogens (tertiary/aromatic N) is 3. The molecule has 1 saturated heterocycles. The first-order valence-electron chi connectivity index (χ1n) is 6.76. The van der Waals surface area contributed by atoms with Crippen LogP contribution in [0.2, 0.25) is 0 Å². The van der Waals surface area contributed by atoms with Crippen LogP contribution in [0.1, 0.15) is 24.6 Å². The van der Waals surface area contributed by atoms with E-state index in [2.05, 4.69) is 10.1 Å². The number of hydrogen-bond acceptors (Lipinski definition) is 6. The Morgan fingerprint density at radius 3 is 2.74 bits per heavy atom. The molecule has 0 aliphatic carbocycles. The van der Waals surface area contributed by atoms with E-state index in [0.717, 1.165) is 4.90 Å². The van der Waals surface area contributed by atoms with E-state index >= 15 is 0 Å². The Balaban J connectivity index is 0.00000264. The van der Waals surface area contributed by atoms with Crippen molar-refractivity contribution >= 4 is 18.3 Å². The lowest BCUT2D eigenvalue weighted by Crippen LogP contribution is -2.57. The monoisotopic (exact) mass is 358 g/mol. The highest BCUT2D eigenvalue weighted by molar-refractivity contribution is 5.85. The maximum Gasteiger partial charge on any atom is 0.408 e. The average molecular weight is 359 g/mol. The Hall–Kier alpha value is -1.39. The van der Waals surface area contributed by atoms with Gasteiger partial charge < -0.3 is 19.9 Å². The number of nitrogens with two attached hydrogens (primary N) is 1. The number of aromatic nitrogens is 2. The highest BCUT2D eigenvalue weighted by Crippen LogP contribution is 2.31. The highest BCUT2D eigenvalue weighted by Gasteiger charge is 2.47. The zero-order valence-corrected chi connectivity index (χ0v) is 13.2. The van der Waals surface area contributed by atoms with Crippen LogP contribution >= 0.6 is 12.4 Å². The third-order valence-corrected chi connectivity index (χ3v) is 3.34. The van der Waals surface area contributed by atoms with Gasteiger partial charge in [-0.05, 0) is 19.8 Å². The van der Waals surface area contributed by atoms with Crippen LogP contribution in [-0.4, -0.2) is 52.4 Å². The summed E-state index contributed by atoms with van der Waals surface area (Å²) in [5, 5.41) is 3.53. The van der Waals surface area contributed by atoms with Crippen LogP contribution < -0.4 is 5.73 Å². The summed E-state index contributed by atoms with van der Waals surface area (Å²) in [5.41, 5.74) is 5.66. The highest BCUT2D eigenvalue weighted by atomic mass is 35.5. The minimum atomic E-state index is -4.47. The second-order valence-electron chi connectivity index (χ2n) is 5.17. The quantitative estimate of drug-likeness (QED) is 0.869. The minimum Gasteiger partial charge on any atom is -0.362 e. The fourth-order valence-electron chi connectivity index (χ4n) is 2.32. The number of carbonyl (C=O) groups is 1. The molecule has 0 aromatic carbocycles. The van der Waals surface area contributed by atoms with Gasteiger partial charge in [0.25, 0.3) is 5.89 Å². The van der Waals surface area contributed by atoms with Crippen molar-refractivity contribution in [3.8, 4) is 0 Å². The first-order valence-corrected chi connectivity index (χ1v) is 6.76. The molecule has 0 radical (unpaired) electrons. The number of piperidine rings is 1. The van der Waals surface area contributed by atoms with Crippen molar-refractivity contribution in [3.63, 3.8) is 0 Å². The normalized spacial score (nSPS) is 21.9. The van der Waals surface area contributed by atoms with Gasteiger partial charge in [-0.1, -0.05) is 5.16 Å². The summed E-state index contributed by atoms with van der Waals surface area (Å²) < 4.78 is 48.7. The van der Waals surface area contributed by atoms with Gasteiger partial charge in [0.2, 0.25) is 5.91 Å². The molecule has 0 bridgehead atoms. The van der Waals surface area contributed by atoms with Gasteiger partial charge in [-0.15, -0.1) is 12.4 Å². The molecule has 1 amide bonds. The van der Waals surface area contributed by atoms with Gasteiger partial charge in [-0.3, -0.25) is 4.79 Å². The smallest absolute Gasteiger partial charge is 0.362 e. The largest absolute Gasteiger partial charge is 0.408 e. The standard InChI is InChI=1S/C12H17F3N4O3.ClH/c1-7-17-10(22-18-7)5-21-6-11(20)19-4-8(16)2-3-9(19)12(13,14)15;/h8-9H,2-6,16H2,1H3;1H. The molecule has 2 heterocycles. The van der Waals surface area contributed by atoms with Gasteiger partial charge in [0, 0.05) is 12.6 Å². The Bertz CT molecular complexity index is 526. The molecule has 1 aliphatic heterocycles. The van der Waals surface area contributed by atoms with Gasteiger partial charge in [-0.2, -0.15) is 18.2 Å². The summed E-state index contributed by atoms with van der Waals surface area (Å²) >= 11 is 0. The first kappa shape index (κ1) is 19.7. The summed E-state index contributed by atoms with van der Waals surface area (Å²) in [5.74, 6) is -0.189. The molecule has 1 aromatic rings. The van der Waals surface area contributed by atoms with Gasteiger partial charge in [-0.25, -0.2) is 0 Å². The molecule has 1 aromatic heterocycles. The van der Waals surface area contributed by atoms with Crippen molar-refractivity contribution in [3.05, 3.63) is 11.7 Å². The molecule has 0 spiro atoms. The molecular formula is C12H18ClF3N4O3. The molecule has 7 nitrogen and oxygen atoms in total. The lowest BCUT2D eigenvalue weighted by Gasteiger charge is -2.39. The van der Waals surface area contributed by atoms with Crippen LogP contribution in [0, 0.1) is 6.92 Å². The van der Waals surface area contributed by atoms with Crippen LogP contribution in [0.4, 0.5) is 13.2 Å². The zero-order valence-electron chi connectivity index (χ0n) is 12.4. The molecule has 1 aliphatic rings. The number of alkyl halides is 3. The molecule has 11 heteroatoms. The summed E-state index contributed by atoms with van der Waals surface area (Å²) in [6.45, 7) is 0.844. The molecule has 0 saturated carbocycles. The number of amides is 1. The Labute approximate surface area is 136 Å². The van der Waals surface area contributed by atoms with E-state index in [1.807, 2.05) is 0 Å². The van der Waals surface area contributed by atoms with Crippen molar-refractivity contribution in [1.29, 1.82) is 0 Å². The van der Waals surface area contributed by atoms with Gasteiger partial charge in [0.1, 0.15) is 19.3 Å². The molecule has 1 fully saturated rings. The number of ether oxygens (including phenoxy) is 1. The van der Waals surface area contributed by atoms with Gasteiger partial charge in [0.05, 0.1) is 0 Å². The van der Waals surface area contributed by atoms with E-state index in [1.54, 1.807) is 6.92 Å². The maximum absolute atomic E-state index is 13.0. The van der Waals surface area contributed by atoms with Crippen LogP contribution in [-0.2, 0) is 16.1 Å². The maximum atomic E-state index is 13.0. The second kappa shape index (κ2) is 7.93. The van der Waals surface area contributed by atoms with Gasteiger partial charge in [0.15, 0.2) is 5.82 Å². The number of aryl methyl sites for hydroxylation is 1. The number of hydrogen-bond donors (Lipinski definition) is 1. The molecular weight excluding hydrogens is 341 g/mol. The topological polar surface area (TPSA) is 94.5 Å². The number of halogens is 4. The molecule has 2 atom stereocenters. The minimum absolute atomic E-state index is 0. The Kier molecular flexibility index (Phi) is 6.78. The van der Waals surface area contributed by atoms with Crippen LogP contribution in [0.15, 0.2) is 4.52 Å². The molecule has 23 heavy (non-hydrogen) atoms. The van der Waals surface area contributed by atoms with Crippen molar-refractivity contribution in [2.45, 2.75) is 44.6 Å². The fourth-order valence-corrected chi connectivity index (χ4v) is 2.32. The van der Waals surface area contributed by atoms with E-state index < -0.39 is 30.8 Å². The van der Waals surface area contributed by atoms with Crippen molar-refractivity contribution in [2.75, 3.05) is 13.2 Å². The fraction of sp³-hybridized carbons (Fsp3) is 0.750. The summed E-state index contributed by atoms with van der Waals surface area (Å²) in [6, 6.07) is -2.27. The van der Waals surface area contributed by atoms with Crippen molar-refractivity contribution < 1.29 is 27.2 Å². The number of carbonyl (C=O) groups excluding carboxylic acids is 1. The lowest BCUT2D eigenvalue weighted by atomic mass is 9.98. The van der Waals surface area contributed by atoms with Crippen molar-refractivity contribution in [2.24, 2.45) is 5.73 Å². The van der Waals surface area contributed by atoms with E-state index in [-0.39, 0.29) is 44.3 Å². The van der Waals surface area contributed by atoms with Crippen LogP contribution in [0.3, 0.4) is 0 Å². The van der Waals surface area contributed by atoms with Crippen LogP contribution in [0.25, 0.3) is 0 Å². The van der Waals surface area contributed by atoms with E-state index in [9.17, 15) is 18.0 Å². The van der Waals surface area contributed by atoms with Gasteiger partial charge >= 0.3 is 6.18 Å². The first-order chi connectivity index (χ1) is 10.3. The average Bonchev–Trinajstić information content (AvgIpc) is 2.83. The summed E-state index contributed by atoms with van der Waals surface area (Å²) in [4.78, 5) is 16.6. The summed E-state index contributed by atoms with van der Waals surface area (Å²) in [7, 11) is 0. The third-order valence-electron chi connectivity index (χ3n) is 3.34. The van der Waals surface area contributed by atoms with Crippen molar-refractivity contribution in [1.82, 2.24) is 15.0 Å². The lowest BCUT2D eigenvalue weighted by molar-refractivity contribution is -0.198. The second-order valence-corrected chi connectivity index (χ2v) is 5.17. The zero-order chi connectivity index (χ0) is 16.3. The molecule has 2 N–H and O–H groups in total. The predicted molar refractivity (Wildman–Crippen MR) is 74.7 cm³/mol. The van der Waals surface area contributed by atoms with E-state index in [4.69, 9.17) is 15.0 Å². The van der Waals surface area contributed by atoms with Crippen LogP contribution in [0.5, 0.6) is 0 Å². The molecule has 132 valence electrons.